The fourth-order valence-electron chi connectivity index (χ4n) is 3.55. The van der Waals surface area contributed by atoms with Crippen LogP contribution >= 0.6 is 0 Å². The van der Waals surface area contributed by atoms with Crippen molar-refractivity contribution in [3.8, 4) is 0 Å². The van der Waals surface area contributed by atoms with Crippen molar-refractivity contribution in [3.05, 3.63) is 28.6 Å². The smallest absolute Gasteiger partial charge is 0.244 e. The van der Waals surface area contributed by atoms with Gasteiger partial charge in [0, 0.05) is 24.7 Å². The number of aryl methyl sites for hydroxylation is 2. The highest BCUT2D eigenvalue weighted by molar-refractivity contribution is 5.96. The van der Waals surface area contributed by atoms with E-state index >= 15 is 0 Å². The molecule has 0 aliphatic carbocycles. The molecule has 1 amide bonds. The molecule has 1 saturated heterocycles. The number of hydrogen-bond donors (Lipinski definition) is 1. The molecule has 2 aromatic heterocycles. The molecular formula is C17H24N6O2. The van der Waals surface area contributed by atoms with Crippen molar-refractivity contribution in [1.82, 2.24) is 29.9 Å². The van der Waals surface area contributed by atoms with Crippen molar-refractivity contribution >= 4 is 11.7 Å². The van der Waals surface area contributed by atoms with Crippen LogP contribution in [0.4, 0.5) is 0 Å². The van der Waals surface area contributed by atoms with Gasteiger partial charge >= 0.3 is 0 Å². The molecule has 25 heavy (non-hydrogen) atoms. The maximum Gasteiger partial charge on any atom is 0.244 e. The number of hydrogen-bond acceptors (Lipinski definition) is 5. The number of carbonyl (C=O) groups excluding carboxylic acids is 2. The molecule has 1 fully saturated rings. The lowest BCUT2D eigenvalue weighted by Gasteiger charge is -2.31. The van der Waals surface area contributed by atoms with Gasteiger partial charge in [0.1, 0.15) is 12.4 Å². The topological polar surface area (TPSA) is 96.8 Å². The summed E-state index contributed by atoms with van der Waals surface area (Å²) in [4.78, 5) is 30.7. The summed E-state index contributed by atoms with van der Waals surface area (Å²) in [5, 5.41) is 11.5. The van der Waals surface area contributed by atoms with E-state index in [1.54, 1.807) is 11.6 Å². The molecule has 134 valence electrons. The minimum Gasteiger partial charge on any atom is -0.340 e. The number of amides is 1. The van der Waals surface area contributed by atoms with E-state index in [4.69, 9.17) is 0 Å². The van der Waals surface area contributed by atoms with E-state index in [9.17, 15) is 9.59 Å². The highest BCUT2D eigenvalue weighted by Gasteiger charge is 2.28. The summed E-state index contributed by atoms with van der Waals surface area (Å²) in [6.45, 7) is 8.54. The molecule has 3 heterocycles. The summed E-state index contributed by atoms with van der Waals surface area (Å²) in [6, 6.07) is 0. The van der Waals surface area contributed by atoms with Gasteiger partial charge in [-0.1, -0.05) is 0 Å². The van der Waals surface area contributed by atoms with Crippen molar-refractivity contribution in [2.24, 2.45) is 0 Å². The second-order valence-corrected chi connectivity index (χ2v) is 6.72. The number of Topliss-reactive ketones (excluding diaryl/α,β-unsaturated/α-hetero) is 1. The number of piperidine rings is 1. The van der Waals surface area contributed by atoms with Crippen LogP contribution in [-0.4, -0.2) is 54.6 Å². The summed E-state index contributed by atoms with van der Waals surface area (Å²) >= 11 is 0. The first-order valence-corrected chi connectivity index (χ1v) is 8.58. The molecule has 1 aliphatic heterocycles. The zero-order chi connectivity index (χ0) is 18.1. The third-order valence-corrected chi connectivity index (χ3v) is 4.77. The van der Waals surface area contributed by atoms with Crippen molar-refractivity contribution in [2.45, 2.75) is 53.0 Å². The van der Waals surface area contributed by atoms with Crippen molar-refractivity contribution in [3.63, 3.8) is 0 Å². The number of nitrogens with zero attached hydrogens (tertiary/aromatic N) is 5. The van der Waals surface area contributed by atoms with Gasteiger partial charge in [-0.15, -0.1) is 0 Å². The molecule has 1 aliphatic rings. The van der Waals surface area contributed by atoms with Gasteiger partial charge in [0.2, 0.25) is 5.91 Å². The summed E-state index contributed by atoms with van der Waals surface area (Å²) in [5.41, 5.74) is 2.03. The molecule has 0 saturated carbocycles. The van der Waals surface area contributed by atoms with Gasteiger partial charge in [0.15, 0.2) is 11.6 Å². The Morgan fingerprint density at radius 2 is 2.04 bits per heavy atom. The molecule has 0 radical (unpaired) electrons. The van der Waals surface area contributed by atoms with E-state index in [0.717, 1.165) is 36.7 Å². The molecule has 2 aromatic rings. The second-order valence-electron chi connectivity index (χ2n) is 6.72. The van der Waals surface area contributed by atoms with Crippen LogP contribution in [0.25, 0.3) is 0 Å². The van der Waals surface area contributed by atoms with Crippen LogP contribution in [0.5, 0.6) is 0 Å². The summed E-state index contributed by atoms with van der Waals surface area (Å²) < 4.78 is 1.63. The molecule has 0 bridgehead atoms. The Kier molecular flexibility index (Phi) is 4.69. The Balaban J connectivity index is 1.71. The average Bonchev–Trinajstić information content (AvgIpc) is 3.11. The Morgan fingerprint density at radius 1 is 1.28 bits per heavy atom. The second kappa shape index (κ2) is 6.78. The third kappa shape index (κ3) is 3.47. The molecule has 0 spiro atoms. The van der Waals surface area contributed by atoms with Crippen molar-refractivity contribution < 1.29 is 9.59 Å². The standard InChI is InChI=1S/C17H24N6O2/c1-10-16(12(3)24)11(2)23(21-10)9-15(25)22-7-5-6-14(8-22)17-18-13(4)19-20-17/h14H,5-9H2,1-4H3,(H,18,19,20). The van der Waals surface area contributed by atoms with Crippen molar-refractivity contribution in [1.29, 1.82) is 0 Å². The lowest BCUT2D eigenvalue weighted by molar-refractivity contribution is -0.133. The molecule has 8 heteroatoms. The zero-order valence-electron chi connectivity index (χ0n) is 15.2. The number of ketones is 1. The summed E-state index contributed by atoms with van der Waals surface area (Å²) in [7, 11) is 0. The molecule has 8 nitrogen and oxygen atoms in total. The third-order valence-electron chi connectivity index (χ3n) is 4.77. The maximum atomic E-state index is 12.7. The number of aromatic amines is 1. The quantitative estimate of drug-likeness (QED) is 0.849. The normalized spacial score (nSPS) is 17.8. The molecular weight excluding hydrogens is 320 g/mol. The Labute approximate surface area is 146 Å². The number of carbonyl (C=O) groups is 2. The zero-order valence-corrected chi connectivity index (χ0v) is 15.2. The van der Waals surface area contributed by atoms with Crippen LogP contribution in [0.3, 0.4) is 0 Å². The predicted octanol–water partition coefficient (Wildman–Crippen LogP) is 1.54. The van der Waals surface area contributed by atoms with Crippen LogP contribution in [0.15, 0.2) is 0 Å². The SMILES string of the molecule is CC(=O)c1c(C)nn(CC(=O)N2CCCC(c3n[nH]c(C)n3)C2)c1C. The van der Waals surface area contributed by atoms with Gasteiger partial charge in [-0.05, 0) is 40.5 Å². The van der Waals surface area contributed by atoms with Gasteiger partial charge in [0.25, 0.3) is 0 Å². The van der Waals surface area contributed by atoms with Gasteiger partial charge in [-0.3, -0.25) is 19.4 Å². The van der Waals surface area contributed by atoms with Gasteiger partial charge in [-0.25, -0.2) is 4.98 Å². The first-order chi connectivity index (χ1) is 11.9. The number of rotatable bonds is 4. The lowest BCUT2D eigenvalue weighted by Crippen LogP contribution is -2.41. The Morgan fingerprint density at radius 3 is 2.64 bits per heavy atom. The molecule has 3 rings (SSSR count). The highest BCUT2D eigenvalue weighted by atomic mass is 16.2. The van der Waals surface area contributed by atoms with Crippen LogP contribution in [0.2, 0.25) is 0 Å². The fraction of sp³-hybridized carbons (Fsp3) is 0.588. The van der Waals surface area contributed by atoms with Gasteiger partial charge in [0.05, 0.1) is 11.3 Å². The van der Waals surface area contributed by atoms with Crippen LogP contribution in [0, 0.1) is 20.8 Å². The Hall–Kier alpha value is -2.51. The summed E-state index contributed by atoms with van der Waals surface area (Å²) in [5.74, 6) is 1.72. The fourth-order valence-corrected chi connectivity index (χ4v) is 3.55. The molecule has 0 aromatic carbocycles. The monoisotopic (exact) mass is 344 g/mol. The number of H-pyrrole nitrogens is 1. The molecule has 1 N–H and O–H groups in total. The minimum atomic E-state index is -0.0216. The lowest BCUT2D eigenvalue weighted by atomic mass is 9.97. The van der Waals surface area contributed by atoms with E-state index < -0.39 is 0 Å². The number of aromatic nitrogens is 5. The van der Waals surface area contributed by atoms with E-state index in [-0.39, 0.29) is 24.2 Å². The predicted molar refractivity (Wildman–Crippen MR) is 91.4 cm³/mol. The molecule has 1 unspecified atom stereocenters. The van der Waals surface area contributed by atoms with E-state index in [1.807, 2.05) is 18.7 Å². The minimum absolute atomic E-state index is 0.0117. The van der Waals surface area contributed by atoms with Crippen molar-refractivity contribution in [2.75, 3.05) is 13.1 Å². The summed E-state index contributed by atoms with van der Waals surface area (Å²) in [6.07, 6.45) is 1.91. The van der Waals surface area contributed by atoms with Crippen LogP contribution < -0.4 is 0 Å². The Bertz CT molecular complexity index is 806. The van der Waals surface area contributed by atoms with Gasteiger partial charge in [-0.2, -0.15) is 10.2 Å². The number of likely N-dealkylation sites (tertiary alicyclic amines) is 1. The number of nitrogens with one attached hydrogen (secondary N) is 1. The average molecular weight is 344 g/mol. The van der Waals surface area contributed by atoms with Crippen LogP contribution in [0.1, 0.15) is 59.1 Å². The van der Waals surface area contributed by atoms with Gasteiger partial charge < -0.3 is 4.90 Å². The van der Waals surface area contributed by atoms with E-state index in [2.05, 4.69) is 20.3 Å². The highest BCUT2D eigenvalue weighted by Crippen LogP contribution is 2.24. The first kappa shape index (κ1) is 17.3. The maximum absolute atomic E-state index is 12.7. The first-order valence-electron chi connectivity index (χ1n) is 8.58. The van der Waals surface area contributed by atoms with Crippen LogP contribution in [-0.2, 0) is 11.3 Å². The largest absolute Gasteiger partial charge is 0.340 e. The molecule has 1 atom stereocenters. The van der Waals surface area contributed by atoms with E-state index in [0.29, 0.717) is 17.8 Å². The van der Waals surface area contributed by atoms with E-state index in [1.165, 1.54) is 6.92 Å².